The maximum absolute atomic E-state index is 13.1. The Morgan fingerprint density at radius 2 is 1.93 bits per heavy atom. The van der Waals surface area contributed by atoms with Crippen molar-refractivity contribution >= 4 is 27.5 Å². The number of nitrogens with one attached hydrogen (secondary N) is 3. The van der Waals surface area contributed by atoms with Gasteiger partial charge in [0.15, 0.2) is 0 Å². The van der Waals surface area contributed by atoms with Crippen LogP contribution in [-0.4, -0.2) is 78.8 Å². The number of rotatable bonds is 4. The Kier molecular flexibility index (Phi) is 5.12. The molecule has 5 rings (SSSR count). The standard InChI is InChI=1S/C18H30ClN5O3S/c19-14-2-1-3-15-13(14)9-16(20-15)18(25)23-6-7-24-11(10-23)8-17(21-24)22-28(26,27)12-4-5-12/h11-17,20-22H,1-10H2. The number of alkyl halides is 1. The van der Waals surface area contributed by atoms with Crippen molar-refractivity contribution in [3.63, 3.8) is 0 Å². The van der Waals surface area contributed by atoms with Crippen LogP contribution in [-0.2, 0) is 14.8 Å². The van der Waals surface area contributed by atoms with Gasteiger partial charge in [0.1, 0.15) is 0 Å². The zero-order valence-electron chi connectivity index (χ0n) is 16.0. The number of halogens is 1. The van der Waals surface area contributed by atoms with Crippen LogP contribution in [0.5, 0.6) is 0 Å². The average Bonchev–Trinajstić information content (AvgIpc) is 3.32. The summed E-state index contributed by atoms with van der Waals surface area (Å²) in [6, 6.07) is 0.398. The molecule has 2 aliphatic carbocycles. The Hall–Kier alpha value is -0.450. The van der Waals surface area contributed by atoms with Gasteiger partial charge in [-0.3, -0.25) is 4.79 Å². The van der Waals surface area contributed by atoms with E-state index in [1.54, 1.807) is 0 Å². The lowest BCUT2D eigenvalue weighted by Crippen LogP contribution is -2.58. The number of nitrogens with zero attached hydrogens (tertiary/aromatic N) is 2. The lowest BCUT2D eigenvalue weighted by molar-refractivity contribution is -0.136. The molecule has 158 valence electrons. The summed E-state index contributed by atoms with van der Waals surface area (Å²) in [5, 5.41) is 5.61. The van der Waals surface area contributed by atoms with Gasteiger partial charge >= 0.3 is 0 Å². The second kappa shape index (κ2) is 7.35. The smallest absolute Gasteiger partial charge is 0.239 e. The minimum atomic E-state index is -3.22. The lowest BCUT2D eigenvalue weighted by Gasteiger charge is -2.38. The van der Waals surface area contributed by atoms with Crippen LogP contribution in [0.25, 0.3) is 0 Å². The van der Waals surface area contributed by atoms with Gasteiger partial charge in [-0.2, -0.15) is 4.72 Å². The molecule has 5 fully saturated rings. The Morgan fingerprint density at radius 1 is 1.11 bits per heavy atom. The number of hydrazine groups is 1. The average molecular weight is 432 g/mol. The normalized spacial score (nSPS) is 41.7. The van der Waals surface area contributed by atoms with Gasteiger partial charge in [-0.1, -0.05) is 6.42 Å². The van der Waals surface area contributed by atoms with Gasteiger partial charge in [0, 0.05) is 37.1 Å². The summed E-state index contributed by atoms with van der Waals surface area (Å²) >= 11 is 6.51. The van der Waals surface area contributed by atoms with Crippen LogP contribution < -0.4 is 15.5 Å². The second-order valence-corrected chi connectivity index (χ2v) is 11.6. The van der Waals surface area contributed by atoms with Crippen molar-refractivity contribution in [3.05, 3.63) is 0 Å². The third kappa shape index (κ3) is 3.70. The highest BCUT2D eigenvalue weighted by molar-refractivity contribution is 7.90. The van der Waals surface area contributed by atoms with Crippen molar-refractivity contribution in [3.8, 4) is 0 Å². The van der Waals surface area contributed by atoms with Gasteiger partial charge in [0.25, 0.3) is 0 Å². The molecule has 3 saturated heterocycles. The molecule has 0 bridgehead atoms. The molecule has 2 saturated carbocycles. The fraction of sp³-hybridized carbons (Fsp3) is 0.944. The minimum absolute atomic E-state index is 0.126. The molecular weight excluding hydrogens is 402 g/mol. The van der Waals surface area contributed by atoms with E-state index in [4.69, 9.17) is 11.6 Å². The van der Waals surface area contributed by atoms with Crippen LogP contribution in [0.2, 0.25) is 0 Å². The molecule has 6 atom stereocenters. The van der Waals surface area contributed by atoms with Crippen molar-refractivity contribution in [2.45, 2.75) is 79.9 Å². The van der Waals surface area contributed by atoms with Gasteiger partial charge in [0.05, 0.1) is 17.5 Å². The first-order valence-corrected chi connectivity index (χ1v) is 12.6. The van der Waals surface area contributed by atoms with Crippen LogP contribution >= 0.6 is 11.6 Å². The fourth-order valence-electron chi connectivity index (χ4n) is 5.42. The topological polar surface area (TPSA) is 93.8 Å². The van der Waals surface area contributed by atoms with Crippen molar-refractivity contribution in [1.82, 2.24) is 25.4 Å². The van der Waals surface area contributed by atoms with E-state index in [9.17, 15) is 13.2 Å². The largest absolute Gasteiger partial charge is 0.338 e. The Morgan fingerprint density at radius 3 is 2.68 bits per heavy atom. The van der Waals surface area contributed by atoms with Crippen molar-refractivity contribution < 1.29 is 13.2 Å². The Bertz CT molecular complexity index is 733. The van der Waals surface area contributed by atoms with Crippen LogP contribution in [0.3, 0.4) is 0 Å². The number of carbonyl (C=O) groups is 1. The predicted molar refractivity (Wildman–Crippen MR) is 106 cm³/mol. The number of amides is 1. The number of carbonyl (C=O) groups excluding carboxylic acids is 1. The summed E-state index contributed by atoms with van der Waals surface area (Å²) in [7, 11) is -3.22. The molecule has 3 N–H and O–H groups in total. The zero-order valence-corrected chi connectivity index (χ0v) is 17.6. The maximum atomic E-state index is 13.1. The molecule has 6 unspecified atom stereocenters. The van der Waals surface area contributed by atoms with Crippen LogP contribution in [0.1, 0.15) is 44.9 Å². The summed E-state index contributed by atoms with van der Waals surface area (Å²) in [6.45, 7) is 2.03. The summed E-state index contributed by atoms with van der Waals surface area (Å²) in [6.07, 6.45) is 6.07. The third-order valence-corrected chi connectivity index (χ3v) is 9.60. The van der Waals surface area contributed by atoms with Gasteiger partial charge < -0.3 is 10.2 Å². The fourth-order valence-corrected chi connectivity index (χ4v) is 7.35. The number of hydrogen-bond donors (Lipinski definition) is 3. The van der Waals surface area contributed by atoms with Crippen LogP contribution in [0.4, 0.5) is 0 Å². The van der Waals surface area contributed by atoms with E-state index in [2.05, 4.69) is 20.5 Å². The molecule has 0 aromatic carbocycles. The van der Waals surface area contributed by atoms with Crippen molar-refractivity contribution in [2.75, 3.05) is 19.6 Å². The van der Waals surface area contributed by atoms with E-state index in [1.807, 2.05) is 4.90 Å². The lowest BCUT2D eigenvalue weighted by atomic mass is 9.84. The van der Waals surface area contributed by atoms with E-state index < -0.39 is 10.0 Å². The molecule has 5 aliphatic rings. The first kappa shape index (κ1) is 19.5. The van der Waals surface area contributed by atoms with Crippen LogP contribution in [0.15, 0.2) is 0 Å². The minimum Gasteiger partial charge on any atom is -0.338 e. The predicted octanol–water partition coefficient (Wildman–Crippen LogP) is -0.0466. The molecule has 28 heavy (non-hydrogen) atoms. The van der Waals surface area contributed by atoms with Gasteiger partial charge in [-0.05, 0) is 44.4 Å². The summed E-state index contributed by atoms with van der Waals surface area (Å²) in [5.74, 6) is 0.583. The molecule has 0 radical (unpaired) electrons. The molecule has 3 heterocycles. The van der Waals surface area contributed by atoms with E-state index in [0.717, 1.165) is 45.1 Å². The summed E-state index contributed by atoms with van der Waals surface area (Å²) < 4.78 is 27.2. The third-order valence-electron chi connectivity index (χ3n) is 7.09. The molecule has 1 amide bonds. The Balaban J connectivity index is 1.17. The summed E-state index contributed by atoms with van der Waals surface area (Å²) in [5.41, 5.74) is 3.28. The summed E-state index contributed by atoms with van der Waals surface area (Å²) in [4.78, 5) is 15.1. The molecule has 3 aliphatic heterocycles. The monoisotopic (exact) mass is 431 g/mol. The van der Waals surface area contributed by atoms with E-state index in [-0.39, 0.29) is 34.8 Å². The zero-order chi connectivity index (χ0) is 19.5. The van der Waals surface area contributed by atoms with E-state index >= 15 is 0 Å². The Labute approximate surface area is 171 Å². The van der Waals surface area contributed by atoms with Gasteiger partial charge in [-0.15, -0.1) is 11.6 Å². The highest BCUT2D eigenvalue weighted by Crippen LogP contribution is 2.37. The maximum Gasteiger partial charge on any atom is 0.239 e. The highest BCUT2D eigenvalue weighted by Gasteiger charge is 2.46. The molecule has 8 nitrogen and oxygen atoms in total. The number of hydrogen-bond acceptors (Lipinski definition) is 6. The number of piperazine rings is 1. The van der Waals surface area contributed by atoms with Crippen LogP contribution in [0, 0.1) is 5.92 Å². The molecular formula is C18H30ClN5O3S. The highest BCUT2D eigenvalue weighted by atomic mass is 35.5. The van der Waals surface area contributed by atoms with Crippen molar-refractivity contribution in [2.24, 2.45) is 5.92 Å². The number of fused-ring (bicyclic) bond motifs is 2. The molecule has 0 spiro atoms. The van der Waals surface area contributed by atoms with E-state index in [1.165, 1.54) is 0 Å². The number of sulfonamides is 1. The van der Waals surface area contributed by atoms with Gasteiger partial charge in [-0.25, -0.2) is 18.9 Å². The first-order valence-electron chi connectivity index (χ1n) is 10.6. The molecule has 0 aromatic heterocycles. The molecule has 10 heteroatoms. The SMILES string of the molecule is O=C(C1CC2C(Cl)CCCC2N1)N1CCN2NC(NS(=O)(=O)C3CC3)CC2C1. The van der Waals surface area contributed by atoms with Gasteiger partial charge in [0.2, 0.25) is 15.9 Å². The molecule has 0 aromatic rings. The quantitative estimate of drug-likeness (QED) is 0.540. The second-order valence-electron chi connectivity index (χ2n) is 9.08. The van der Waals surface area contributed by atoms with Crippen molar-refractivity contribution in [1.29, 1.82) is 0 Å². The van der Waals surface area contributed by atoms with E-state index in [0.29, 0.717) is 31.5 Å². The first-order chi connectivity index (χ1) is 13.4.